The fourth-order valence-electron chi connectivity index (χ4n) is 0.846. The Morgan fingerprint density at radius 1 is 1.30 bits per heavy atom. The molecule has 0 amide bonds. The second-order valence-electron chi connectivity index (χ2n) is 3.52. The summed E-state index contributed by atoms with van der Waals surface area (Å²) in [5.41, 5.74) is 0. The number of likely N-dealkylation sites (N-methyl/N-ethyl adjacent to an activating group) is 1. The van der Waals surface area contributed by atoms with Crippen LogP contribution in [0.4, 0.5) is 0 Å². The Balaban J connectivity index is 0. The smallest absolute Gasteiger partial charge is 0.104 e. The second kappa shape index (κ2) is 4.94. The van der Waals surface area contributed by atoms with E-state index in [-0.39, 0.29) is 12.4 Å². The number of hydrogen-bond acceptors (Lipinski definition) is 1. The summed E-state index contributed by atoms with van der Waals surface area (Å²) in [5.74, 6) is 0. The molecule has 0 N–H and O–H groups in total. The first-order valence-electron chi connectivity index (χ1n) is 3.29. The summed E-state index contributed by atoms with van der Waals surface area (Å²) < 4.78 is 6.08. The molecular formula is C7H18ClNO. The van der Waals surface area contributed by atoms with E-state index in [4.69, 9.17) is 4.74 Å². The summed E-state index contributed by atoms with van der Waals surface area (Å²) in [6.45, 7) is 3.15. The summed E-state index contributed by atoms with van der Waals surface area (Å²) in [7, 11) is 8.24. The molecule has 0 aliphatic carbocycles. The summed E-state index contributed by atoms with van der Waals surface area (Å²) in [6, 6.07) is 0. The zero-order valence-corrected chi connectivity index (χ0v) is 8.27. The number of methoxy groups -OCH3 is 1. The normalized spacial score (nSPS) is 14.1. The van der Waals surface area contributed by atoms with Crippen LogP contribution in [0.25, 0.3) is 0 Å². The fraction of sp³-hybridized carbons (Fsp3) is 1.00. The highest BCUT2D eigenvalue weighted by Gasteiger charge is 2.11. The van der Waals surface area contributed by atoms with Gasteiger partial charge in [0, 0.05) is 7.11 Å². The molecule has 0 spiro atoms. The molecule has 3 heteroatoms. The summed E-state index contributed by atoms with van der Waals surface area (Å²) >= 11 is 0. The minimum atomic E-state index is 0. The van der Waals surface area contributed by atoms with Crippen molar-refractivity contribution in [2.45, 2.75) is 13.0 Å². The molecule has 10 heavy (non-hydrogen) atoms. The minimum Gasteiger partial charge on any atom is -1.00 e. The first-order valence-corrected chi connectivity index (χ1v) is 3.29. The van der Waals surface area contributed by atoms with Gasteiger partial charge in [-0.05, 0) is 6.92 Å². The first-order chi connectivity index (χ1) is 3.95. The van der Waals surface area contributed by atoms with E-state index in [0.29, 0.717) is 6.10 Å². The molecule has 0 heterocycles. The van der Waals surface area contributed by atoms with E-state index >= 15 is 0 Å². The van der Waals surface area contributed by atoms with Crippen molar-refractivity contribution < 1.29 is 21.6 Å². The molecule has 0 aromatic heterocycles. The Morgan fingerprint density at radius 3 is 1.80 bits per heavy atom. The largest absolute Gasteiger partial charge is 1.00 e. The van der Waals surface area contributed by atoms with Crippen LogP contribution in [0.5, 0.6) is 0 Å². The van der Waals surface area contributed by atoms with Crippen LogP contribution >= 0.6 is 0 Å². The molecule has 64 valence electrons. The third-order valence-electron chi connectivity index (χ3n) is 1.21. The SMILES string of the molecule is COC(C)C[N+](C)(C)C.[Cl-]. The highest BCUT2D eigenvalue weighted by molar-refractivity contribution is 4.42. The maximum absolute atomic E-state index is 5.11. The maximum atomic E-state index is 5.11. The number of nitrogens with zero attached hydrogens (tertiary/aromatic N) is 1. The van der Waals surface area contributed by atoms with Crippen molar-refractivity contribution in [1.29, 1.82) is 0 Å². The molecule has 0 rings (SSSR count). The van der Waals surface area contributed by atoms with Crippen LogP contribution in [-0.4, -0.2) is 45.4 Å². The molecule has 0 fully saturated rings. The van der Waals surface area contributed by atoms with Gasteiger partial charge in [-0.1, -0.05) is 0 Å². The predicted octanol–water partition coefficient (Wildman–Crippen LogP) is -2.27. The lowest BCUT2D eigenvalue weighted by Gasteiger charge is -2.26. The van der Waals surface area contributed by atoms with Crippen LogP contribution < -0.4 is 12.4 Å². The molecule has 0 saturated heterocycles. The monoisotopic (exact) mass is 167 g/mol. The van der Waals surface area contributed by atoms with Crippen molar-refractivity contribution in [2.24, 2.45) is 0 Å². The van der Waals surface area contributed by atoms with Crippen LogP contribution in [0.15, 0.2) is 0 Å². The topological polar surface area (TPSA) is 9.23 Å². The highest BCUT2D eigenvalue weighted by Crippen LogP contribution is 1.96. The van der Waals surface area contributed by atoms with Gasteiger partial charge in [0.05, 0.1) is 21.1 Å². The number of quaternary nitrogens is 1. The molecule has 0 radical (unpaired) electrons. The molecule has 0 saturated carbocycles. The van der Waals surface area contributed by atoms with Crippen molar-refractivity contribution >= 4 is 0 Å². The maximum Gasteiger partial charge on any atom is 0.104 e. The first kappa shape index (κ1) is 12.8. The Morgan fingerprint density at radius 2 is 1.70 bits per heavy atom. The Hall–Kier alpha value is 0.210. The van der Waals surface area contributed by atoms with Gasteiger partial charge in [0.25, 0.3) is 0 Å². The lowest BCUT2D eigenvalue weighted by Crippen LogP contribution is -3.00. The van der Waals surface area contributed by atoms with Gasteiger partial charge in [-0.2, -0.15) is 0 Å². The molecule has 0 aromatic rings. The van der Waals surface area contributed by atoms with Gasteiger partial charge < -0.3 is 21.6 Å². The molecule has 2 nitrogen and oxygen atoms in total. The highest BCUT2D eigenvalue weighted by atomic mass is 35.5. The van der Waals surface area contributed by atoms with Crippen molar-refractivity contribution in [3.8, 4) is 0 Å². The van der Waals surface area contributed by atoms with E-state index in [1.807, 2.05) is 0 Å². The summed E-state index contributed by atoms with van der Waals surface area (Å²) in [6.07, 6.45) is 0.366. The van der Waals surface area contributed by atoms with Gasteiger partial charge in [-0.15, -0.1) is 0 Å². The molecule has 1 unspecified atom stereocenters. The summed E-state index contributed by atoms with van der Waals surface area (Å²) in [5, 5.41) is 0. The van der Waals surface area contributed by atoms with E-state index < -0.39 is 0 Å². The molecule has 0 aromatic carbocycles. The van der Waals surface area contributed by atoms with Crippen molar-refractivity contribution in [1.82, 2.24) is 0 Å². The van der Waals surface area contributed by atoms with Gasteiger partial charge in [-0.3, -0.25) is 0 Å². The standard InChI is InChI=1S/C7H18NO.ClH/c1-7(9-5)6-8(2,3)4;/h7H,6H2,1-5H3;1H/q+1;/p-1. The third-order valence-corrected chi connectivity index (χ3v) is 1.21. The second-order valence-corrected chi connectivity index (χ2v) is 3.52. The quantitative estimate of drug-likeness (QED) is 0.431. The van der Waals surface area contributed by atoms with Crippen LogP contribution in [0.1, 0.15) is 6.92 Å². The van der Waals surface area contributed by atoms with E-state index in [0.717, 1.165) is 11.0 Å². The van der Waals surface area contributed by atoms with E-state index in [9.17, 15) is 0 Å². The van der Waals surface area contributed by atoms with Crippen LogP contribution in [0.2, 0.25) is 0 Å². The predicted molar refractivity (Wildman–Crippen MR) is 39.4 cm³/mol. The van der Waals surface area contributed by atoms with Gasteiger partial charge in [-0.25, -0.2) is 0 Å². The lowest BCUT2D eigenvalue weighted by atomic mass is 10.3. The summed E-state index contributed by atoms with van der Waals surface area (Å²) in [4.78, 5) is 0. The zero-order chi connectivity index (χ0) is 7.49. The van der Waals surface area contributed by atoms with Gasteiger partial charge in [0.15, 0.2) is 0 Å². The van der Waals surface area contributed by atoms with Crippen LogP contribution in [0.3, 0.4) is 0 Å². The Bertz CT molecular complexity index is 80.2. The molecule has 1 atom stereocenters. The molecule has 0 aliphatic rings. The average molecular weight is 168 g/mol. The Labute approximate surface area is 70.2 Å². The van der Waals surface area contributed by atoms with Crippen LogP contribution in [0, 0.1) is 0 Å². The van der Waals surface area contributed by atoms with Crippen molar-refractivity contribution in [3.63, 3.8) is 0 Å². The fourth-order valence-corrected chi connectivity index (χ4v) is 0.846. The van der Waals surface area contributed by atoms with Crippen molar-refractivity contribution in [2.75, 3.05) is 34.8 Å². The number of halogens is 1. The molecule has 0 aliphatic heterocycles. The van der Waals surface area contributed by atoms with E-state index in [1.54, 1.807) is 7.11 Å². The van der Waals surface area contributed by atoms with E-state index in [1.165, 1.54) is 0 Å². The average Bonchev–Trinajstić information content (AvgIpc) is 1.62. The third kappa shape index (κ3) is 8.21. The number of hydrogen-bond donors (Lipinski definition) is 0. The molecule has 0 bridgehead atoms. The Kier molecular flexibility index (Phi) is 6.35. The zero-order valence-electron chi connectivity index (χ0n) is 7.52. The minimum absolute atomic E-state index is 0. The molecular weight excluding hydrogens is 150 g/mol. The van der Waals surface area contributed by atoms with Gasteiger partial charge in [0.2, 0.25) is 0 Å². The van der Waals surface area contributed by atoms with E-state index in [2.05, 4.69) is 28.1 Å². The number of rotatable bonds is 3. The van der Waals surface area contributed by atoms with Crippen molar-refractivity contribution in [3.05, 3.63) is 0 Å². The van der Waals surface area contributed by atoms with Crippen LogP contribution in [-0.2, 0) is 4.74 Å². The van der Waals surface area contributed by atoms with Gasteiger partial charge in [0.1, 0.15) is 12.6 Å². The lowest BCUT2D eigenvalue weighted by molar-refractivity contribution is -0.873. The van der Waals surface area contributed by atoms with Gasteiger partial charge >= 0.3 is 0 Å². The number of ether oxygens (including phenoxy) is 1.